The fourth-order valence-corrected chi connectivity index (χ4v) is 5.31. The minimum absolute atomic E-state index is 0.0433. The lowest BCUT2D eigenvalue weighted by Gasteiger charge is -2.29. The van der Waals surface area contributed by atoms with Gasteiger partial charge in [0.25, 0.3) is 5.91 Å². The highest BCUT2D eigenvalue weighted by Gasteiger charge is 2.28. The molecule has 1 aliphatic heterocycles. The molecule has 1 aromatic heterocycles. The normalized spacial score (nSPS) is 16.1. The Hall–Kier alpha value is -2.19. The maximum absolute atomic E-state index is 13.1. The Morgan fingerprint density at radius 3 is 2.53 bits per heavy atom. The average Bonchev–Trinajstić information content (AvgIpc) is 2.74. The first kappa shape index (κ1) is 22.5. The van der Waals surface area contributed by atoms with Gasteiger partial charge in [0, 0.05) is 37.8 Å². The molecule has 2 aromatic rings. The third kappa shape index (κ3) is 4.44. The number of piperidine rings is 1. The van der Waals surface area contributed by atoms with Gasteiger partial charge < -0.3 is 9.88 Å². The molecule has 0 atom stereocenters. The van der Waals surface area contributed by atoms with Crippen LogP contribution in [-0.4, -0.2) is 42.8 Å². The largest absolute Gasteiger partial charge is 0.352 e. The Kier molecular flexibility index (Phi) is 6.98. The Labute approximate surface area is 178 Å². The summed E-state index contributed by atoms with van der Waals surface area (Å²) in [6.07, 6.45) is 4.99. The van der Waals surface area contributed by atoms with Crippen LogP contribution in [0.2, 0.25) is 0 Å². The number of nitrogens with one attached hydrogen (secondary N) is 1. The molecule has 3 rings (SSSR count). The molecule has 1 aromatic carbocycles. The molecular formula is C22H31N3O4S. The number of hydrogen-bond donors (Lipinski definition) is 1. The minimum atomic E-state index is -3.68. The number of pyridine rings is 1. The summed E-state index contributed by atoms with van der Waals surface area (Å²) >= 11 is 0. The summed E-state index contributed by atoms with van der Waals surface area (Å²) in [4.78, 5) is 25.8. The van der Waals surface area contributed by atoms with Gasteiger partial charge in [-0.15, -0.1) is 0 Å². The van der Waals surface area contributed by atoms with E-state index in [2.05, 4.69) is 12.2 Å². The van der Waals surface area contributed by atoms with E-state index >= 15 is 0 Å². The number of fused-ring (bicyclic) bond motifs is 1. The monoisotopic (exact) mass is 433 g/mol. The van der Waals surface area contributed by atoms with Crippen molar-refractivity contribution in [2.75, 3.05) is 19.6 Å². The van der Waals surface area contributed by atoms with E-state index in [1.165, 1.54) is 10.4 Å². The molecule has 1 amide bonds. The maximum Gasteiger partial charge on any atom is 0.256 e. The number of aryl methyl sites for hydroxylation is 1. The fourth-order valence-electron chi connectivity index (χ4n) is 3.81. The molecule has 0 unspecified atom stereocenters. The van der Waals surface area contributed by atoms with Crippen LogP contribution >= 0.6 is 0 Å². The number of hydrogen-bond acceptors (Lipinski definition) is 4. The summed E-state index contributed by atoms with van der Waals surface area (Å²) < 4.78 is 29.6. The van der Waals surface area contributed by atoms with Crippen LogP contribution in [0.1, 0.15) is 56.8 Å². The van der Waals surface area contributed by atoms with Crippen molar-refractivity contribution in [3.63, 3.8) is 0 Å². The van der Waals surface area contributed by atoms with Gasteiger partial charge in [-0.1, -0.05) is 20.3 Å². The molecule has 0 bridgehead atoms. The van der Waals surface area contributed by atoms with E-state index in [0.29, 0.717) is 37.6 Å². The summed E-state index contributed by atoms with van der Waals surface area (Å²) in [5.41, 5.74) is 0.230. The van der Waals surface area contributed by atoms with E-state index in [0.717, 1.165) is 25.7 Å². The summed E-state index contributed by atoms with van der Waals surface area (Å²) in [6.45, 7) is 8.10. The lowest BCUT2D eigenvalue weighted by molar-refractivity contribution is 0.0951. The molecule has 7 nitrogen and oxygen atoms in total. The van der Waals surface area contributed by atoms with E-state index in [1.807, 2.05) is 18.4 Å². The Bertz CT molecular complexity index is 1080. The van der Waals surface area contributed by atoms with Crippen molar-refractivity contribution < 1.29 is 13.2 Å². The zero-order chi connectivity index (χ0) is 21.9. The first-order valence-corrected chi connectivity index (χ1v) is 12.2. The predicted molar refractivity (Wildman–Crippen MR) is 118 cm³/mol. The summed E-state index contributed by atoms with van der Waals surface area (Å²) in [6, 6.07) is 4.65. The zero-order valence-electron chi connectivity index (χ0n) is 18.0. The molecular weight excluding hydrogens is 402 g/mol. The van der Waals surface area contributed by atoms with Crippen molar-refractivity contribution >= 4 is 26.8 Å². The van der Waals surface area contributed by atoms with Crippen LogP contribution in [0.5, 0.6) is 0 Å². The van der Waals surface area contributed by atoms with Gasteiger partial charge in [-0.3, -0.25) is 9.59 Å². The number of sulfonamides is 1. The molecule has 0 saturated carbocycles. The van der Waals surface area contributed by atoms with Crippen LogP contribution in [0, 0.1) is 5.92 Å². The van der Waals surface area contributed by atoms with Crippen LogP contribution in [0.15, 0.2) is 34.1 Å². The van der Waals surface area contributed by atoms with Crippen LogP contribution in [0.25, 0.3) is 10.9 Å². The number of benzene rings is 1. The zero-order valence-corrected chi connectivity index (χ0v) is 18.8. The highest BCUT2D eigenvalue weighted by molar-refractivity contribution is 7.89. The molecule has 8 heteroatoms. The van der Waals surface area contributed by atoms with Crippen LogP contribution in [-0.2, 0) is 16.6 Å². The Morgan fingerprint density at radius 1 is 1.20 bits per heavy atom. The Morgan fingerprint density at radius 2 is 1.90 bits per heavy atom. The molecule has 2 heterocycles. The van der Waals surface area contributed by atoms with Crippen molar-refractivity contribution in [1.29, 1.82) is 0 Å². The third-order valence-corrected chi connectivity index (χ3v) is 7.73. The van der Waals surface area contributed by atoms with E-state index in [9.17, 15) is 18.0 Å². The summed E-state index contributed by atoms with van der Waals surface area (Å²) in [7, 11) is -3.68. The molecule has 30 heavy (non-hydrogen) atoms. The summed E-state index contributed by atoms with van der Waals surface area (Å²) in [5, 5.41) is 3.03. The second kappa shape index (κ2) is 9.31. The number of amides is 1. The van der Waals surface area contributed by atoms with Crippen LogP contribution in [0.3, 0.4) is 0 Å². The van der Waals surface area contributed by atoms with Gasteiger partial charge in [0.2, 0.25) is 15.5 Å². The second-order valence-corrected chi connectivity index (χ2v) is 9.97. The molecule has 0 aliphatic carbocycles. The van der Waals surface area contributed by atoms with Gasteiger partial charge in [-0.05, 0) is 50.3 Å². The van der Waals surface area contributed by atoms with E-state index in [1.54, 1.807) is 18.3 Å². The quantitative estimate of drug-likeness (QED) is 0.680. The number of carbonyl (C=O) groups excluding carboxylic acids is 1. The van der Waals surface area contributed by atoms with Crippen LogP contribution < -0.4 is 10.7 Å². The number of rotatable bonds is 7. The highest BCUT2D eigenvalue weighted by Crippen LogP contribution is 2.25. The lowest BCUT2D eigenvalue weighted by atomic mass is 10.0. The van der Waals surface area contributed by atoms with Crippen molar-refractivity contribution in [3.05, 3.63) is 40.2 Å². The van der Waals surface area contributed by atoms with E-state index < -0.39 is 21.4 Å². The molecule has 1 fully saturated rings. The molecule has 0 radical (unpaired) electrons. The predicted octanol–water partition coefficient (Wildman–Crippen LogP) is 2.97. The number of aromatic nitrogens is 1. The summed E-state index contributed by atoms with van der Waals surface area (Å²) in [5.74, 6) is 0.0921. The van der Waals surface area contributed by atoms with Gasteiger partial charge in [0.1, 0.15) is 5.56 Å². The van der Waals surface area contributed by atoms with Crippen LogP contribution in [0.4, 0.5) is 0 Å². The fraction of sp³-hybridized carbons (Fsp3) is 0.545. The Balaban J connectivity index is 2.05. The SMILES string of the molecule is CCCCNC(=O)c1cn(CC)c2ccc(S(=O)(=O)N3CCC(C)CC3)cc2c1=O. The number of carbonyl (C=O) groups is 1. The standard InChI is InChI=1S/C22H31N3O4S/c1-4-6-11-23-22(27)19-15-24(5-2)20-8-7-17(14-18(20)21(19)26)30(28,29)25-12-9-16(3)10-13-25/h7-8,14-16H,4-6,9-13H2,1-3H3,(H,23,27). The topological polar surface area (TPSA) is 88.5 Å². The molecule has 1 aliphatic rings. The van der Waals surface area contributed by atoms with Gasteiger partial charge in [-0.25, -0.2) is 8.42 Å². The number of unbranched alkanes of at least 4 members (excludes halogenated alkanes) is 1. The van der Waals surface area contributed by atoms with Crippen molar-refractivity contribution in [2.45, 2.75) is 57.9 Å². The first-order chi connectivity index (χ1) is 14.3. The van der Waals surface area contributed by atoms with Gasteiger partial charge in [-0.2, -0.15) is 4.31 Å². The maximum atomic E-state index is 13.1. The van der Waals surface area contributed by atoms with Gasteiger partial charge in [0.15, 0.2) is 0 Å². The van der Waals surface area contributed by atoms with Crippen molar-refractivity contribution in [1.82, 2.24) is 14.2 Å². The third-order valence-electron chi connectivity index (χ3n) is 5.83. The van der Waals surface area contributed by atoms with Crippen molar-refractivity contribution in [2.24, 2.45) is 5.92 Å². The minimum Gasteiger partial charge on any atom is -0.352 e. The van der Waals surface area contributed by atoms with E-state index in [4.69, 9.17) is 0 Å². The second-order valence-electron chi connectivity index (χ2n) is 8.03. The van der Waals surface area contributed by atoms with Crippen molar-refractivity contribution in [3.8, 4) is 0 Å². The smallest absolute Gasteiger partial charge is 0.256 e. The van der Waals surface area contributed by atoms with E-state index in [-0.39, 0.29) is 15.8 Å². The highest BCUT2D eigenvalue weighted by atomic mass is 32.2. The average molecular weight is 434 g/mol. The molecule has 164 valence electrons. The first-order valence-electron chi connectivity index (χ1n) is 10.7. The number of nitrogens with zero attached hydrogens (tertiary/aromatic N) is 2. The van der Waals surface area contributed by atoms with Gasteiger partial charge >= 0.3 is 0 Å². The molecule has 0 spiro atoms. The lowest BCUT2D eigenvalue weighted by Crippen LogP contribution is -2.38. The van der Waals surface area contributed by atoms with Gasteiger partial charge in [0.05, 0.1) is 10.4 Å². The molecule has 1 N–H and O–H groups in total. The molecule has 1 saturated heterocycles.